The lowest BCUT2D eigenvalue weighted by molar-refractivity contribution is 0.0286. The Bertz CT molecular complexity index is 412. The molecular formula is C12H17Cl3N2O. The maximum absolute atomic E-state index is 10.7. The van der Waals surface area contributed by atoms with E-state index in [2.05, 4.69) is 5.43 Å². The van der Waals surface area contributed by atoms with Gasteiger partial charge in [-0.1, -0.05) is 29.8 Å². The fourth-order valence-electron chi connectivity index (χ4n) is 2.08. The number of hydrazine groups is 1. The summed E-state index contributed by atoms with van der Waals surface area (Å²) in [6.45, 7) is 0.252. The van der Waals surface area contributed by atoms with Crippen LogP contribution in [0.2, 0.25) is 5.02 Å². The van der Waals surface area contributed by atoms with Crippen molar-refractivity contribution in [2.45, 2.75) is 29.7 Å². The number of benzene rings is 1. The van der Waals surface area contributed by atoms with E-state index in [1.807, 2.05) is 18.2 Å². The van der Waals surface area contributed by atoms with Gasteiger partial charge < -0.3 is 5.11 Å². The molecule has 0 saturated heterocycles. The molecule has 0 aromatic heterocycles. The molecule has 1 fully saturated rings. The fraction of sp³-hybridized carbons (Fsp3) is 0.500. The highest BCUT2D eigenvalue weighted by atomic mass is 35.5. The van der Waals surface area contributed by atoms with E-state index in [4.69, 9.17) is 29.0 Å². The summed E-state index contributed by atoms with van der Waals surface area (Å²) in [4.78, 5) is -0.571. The van der Waals surface area contributed by atoms with Crippen LogP contribution in [-0.4, -0.2) is 22.1 Å². The third-order valence-corrected chi connectivity index (χ3v) is 4.46. The molecule has 1 unspecified atom stereocenters. The molecule has 1 saturated carbocycles. The first-order valence-electron chi connectivity index (χ1n) is 5.59. The third-order valence-electron chi connectivity index (χ3n) is 3.36. The quantitative estimate of drug-likeness (QED) is 0.444. The van der Waals surface area contributed by atoms with Gasteiger partial charge >= 0.3 is 0 Å². The molecule has 0 aliphatic heterocycles. The summed E-state index contributed by atoms with van der Waals surface area (Å²) in [6, 6.07) is 7.46. The molecule has 3 nitrogen and oxygen atoms in total. The van der Waals surface area contributed by atoms with E-state index in [1.165, 1.54) is 0 Å². The van der Waals surface area contributed by atoms with Crippen LogP contribution in [0.5, 0.6) is 0 Å². The topological polar surface area (TPSA) is 58.3 Å². The van der Waals surface area contributed by atoms with Crippen molar-refractivity contribution in [1.29, 1.82) is 0 Å². The number of hydrogen-bond acceptors (Lipinski definition) is 3. The van der Waals surface area contributed by atoms with Crippen LogP contribution in [0, 0.1) is 0 Å². The smallest absolute Gasteiger partial charge is 0.102 e. The lowest BCUT2D eigenvalue weighted by Crippen LogP contribution is -2.52. The van der Waals surface area contributed by atoms with E-state index in [0.29, 0.717) is 11.4 Å². The molecule has 1 aromatic rings. The van der Waals surface area contributed by atoms with E-state index in [-0.39, 0.29) is 19.0 Å². The van der Waals surface area contributed by atoms with Crippen LogP contribution in [0.3, 0.4) is 0 Å². The predicted octanol–water partition coefficient (Wildman–Crippen LogP) is 2.27. The zero-order chi connectivity index (χ0) is 12.5. The highest BCUT2D eigenvalue weighted by molar-refractivity contribution is 6.31. The van der Waals surface area contributed by atoms with Gasteiger partial charge in [-0.15, -0.1) is 24.0 Å². The van der Waals surface area contributed by atoms with Gasteiger partial charge in [-0.3, -0.25) is 11.3 Å². The second-order valence-electron chi connectivity index (χ2n) is 4.65. The number of rotatable bonds is 5. The Balaban J connectivity index is 0.00000162. The standard InChI is InChI=1S/C12H16Cl2N2O.ClH/c13-10-4-2-1-3-9(10)7-12(17,8-16-15)11(14)5-6-11;/h1-4,16-17H,5-8,15H2;1H. The van der Waals surface area contributed by atoms with Gasteiger partial charge in [-0.2, -0.15) is 0 Å². The van der Waals surface area contributed by atoms with Crippen molar-refractivity contribution in [1.82, 2.24) is 5.43 Å². The van der Waals surface area contributed by atoms with Crippen LogP contribution >= 0.6 is 35.6 Å². The molecular weight excluding hydrogens is 295 g/mol. The molecule has 0 spiro atoms. The van der Waals surface area contributed by atoms with Gasteiger partial charge in [0.25, 0.3) is 0 Å². The summed E-state index contributed by atoms with van der Waals surface area (Å²) in [5, 5.41) is 11.3. The average molecular weight is 312 g/mol. The van der Waals surface area contributed by atoms with Crippen LogP contribution in [0.4, 0.5) is 0 Å². The number of nitrogens with two attached hydrogens (primary N) is 1. The predicted molar refractivity (Wildman–Crippen MR) is 77.4 cm³/mol. The van der Waals surface area contributed by atoms with Crippen LogP contribution < -0.4 is 11.3 Å². The molecule has 18 heavy (non-hydrogen) atoms. The lowest BCUT2D eigenvalue weighted by Gasteiger charge is -2.33. The Kier molecular flexibility index (Phi) is 5.30. The average Bonchev–Trinajstić information content (AvgIpc) is 3.02. The van der Waals surface area contributed by atoms with Crippen molar-refractivity contribution in [2.24, 2.45) is 5.84 Å². The summed E-state index contributed by atoms with van der Waals surface area (Å²) in [6.07, 6.45) is 2.01. The van der Waals surface area contributed by atoms with Crippen molar-refractivity contribution in [2.75, 3.05) is 6.54 Å². The van der Waals surface area contributed by atoms with Crippen LogP contribution in [0.25, 0.3) is 0 Å². The normalized spacial score (nSPS) is 19.8. The molecule has 1 aliphatic rings. The molecule has 0 amide bonds. The van der Waals surface area contributed by atoms with Gasteiger partial charge in [0.1, 0.15) is 5.60 Å². The van der Waals surface area contributed by atoms with Crippen molar-refractivity contribution in [3.63, 3.8) is 0 Å². The summed E-state index contributed by atoms with van der Waals surface area (Å²) in [5.41, 5.74) is 2.34. The van der Waals surface area contributed by atoms with E-state index in [9.17, 15) is 5.11 Å². The fourth-order valence-corrected chi connectivity index (χ4v) is 2.51. The number of halogens is 3. The van der Waals surface area contributed by atoms with Crippen molar-refractivity contribution in [3.8, 4) is 0 Å². The minimum Gasteiger partial charge on any atom is -0.386 e. The maximum Gasteiger partial charge on any atom is 0.102 e. The first-order chi connectivity index (χ1) is 8.01. The van der Waals surface area contributed by atoms with Gasteiger partial charge in [0.05, 0.1) is 4.87 Å². The van der Waals surface area contributed by atoms with Gasteiger partial charge in [-0.05, 0) is 24.5 Å². The van der Waals surface area contributed by atoms with Crippen LogP contribution in [0.15, 0.2) is 24.3 Å². The summed E-state index contributed by atoms with van der Waals surface area (Å²) in [5.74, 6) is 5.33. The Morgan fingerprint density at radius 3 is 2.50 bits per heavy atom. The summed E-state index contributed by atoms with van der Waals surface area (Å²) in [7, 11) is 0. The van der Waals surface area contributed by atoms with E-state index in [0.717, 1.165) is 18.4 Å². The number of aliphatic hydroxyl groups is 1. The first-order valence-corrected chi connectivity index (χ1v) is 6.34. The molecule has 102 valence electrons. The molecule has 0 heterocycles. The molecule has 4 N–H and O–H groups in total. The summed E-state index contributed by atoms with van der Waals surface area (Å²) < 4.78 is 0. The largest absolute Gasteiger partial charge is 0.386 e. The summed E-state index contributed by atoms with van der Waals surface area (Å²) >= 11 is 12.4. The van der Waals surface area contributed by atoms with Crippen molar-refractivity contribution < 1.29 is 5.11 Å². The van der Waals surface area contributed by atoms with Gasteiger partial charge in [0.2, 0.25) is 0 Å². The molecule has 2 rings (SSSR count). The molecule has 1 atom stereocenters. The monoisotopic (exact) mass is 310 g/mol. The van der Waals surface area contributed by atoms with E-state index < -0.39 is 10.5 Å². The molecule has 1 aliphatic carbocycles. The molecule has 0 bridgehead atoms. The molecule has 0 radical (unpaired) electrons. The van der Waals surface area contributed by atoms with Crippen molar-refractivity contribution in [3.05, 3.63) is 34.9 Å². The van der Waals surface area contributed by atoms with Crippen LogP contribution in [0.1, 0.15) is 18.4 Å². The highest BCUT2D eigenvalue weighted by Gasteiger charge is 2.57. The Morgan fingerprint density at radius 2 is 2.00 bits per heavy atom. The number of nitrogens with one attached hydrogen (secondary N) is 1. The molecule has 1 aromatic carbocycles. The minimum absolute atomic E-state index is 0. The Labute approximate surface area is 123 Å². The van der Waals surface area contributed by atoms with Gasteiger partial charge in [0, 0.05) is 18.0 Å². The number of alkyl halides is 1. The van der Waals surface area contributed by atoms with Crippen LogP contribution in [-0.2, 0) is 6.42 Å². The Hall–Kier alpha value is -0.0300. The van der Waals surface area contributed by atoms with Crippen molar-refractivity contribution >= 4 is 35.6 Å². The second-order valence-corrected chi connectivity index (χ2v) is 5.78. The minimum atomic E-state index is -1.06. The first kappa shape index (κ1) is 16.0. The molecule has 6 heteroatoms. The number of hydrogen-bond donors (Lipinski definition) is 3. The highest BCUT2D eigenvalue weighted by Crippen LogP contribution is 2.52. The SMILES string of the molecule is Cl.NNCC(O)(Cc1ccccc1Cl)C1(Cl)CC1. The van der Waals surface area contributed by atoms with Gasteiger partial charge in [-0.25, -0.2) is 0 Å². The van der Waals surface area contributed by atoms with Gasteiger partial charge in [0.15, 0.2) is 0 Å². The van der Waals surface area contributed by atoms with E-state index >= 15 is 0 Å². The Morgan fingerprint density at radius 1 is 1.39 bits per heavy atom. The maximum atomic E-state index is 10.7. The zero-order valence-electron chi connectivity index (χ0n) is 9.83. The zero-order valence-corrected chi connectivity index (χ0v) is 12.2. The second kappa shape index (κ2) is 5.95. The lowest BCUT2D eigenvalue weighted by atomic mass is 9.89. The van der Waals surface area contributed by atoms with E-state index in [1.54, 1.807) is 6.07 Å². The third kappa shape index (κ3) is 3.10.